The molecule has 0 N–H and O–H groups in total. The van der Waals surface area contributed by atoms with Crippen molar-refractivity contribution in [3.05, 3.63) is 12.7 Å². The first-order valence-corrected chi connectivity index (χ1v) is 3.39. The molecule has 2 fully saturated rings. The largest absolute Gasteiger partial charge is 0.349 e. The maximum atomic E-state index is 10.8. The van der Waals surface area contributed by atoms with Gasteiger partial charge in [0.25, 0.3) is 0 Å². The molecule has 3 nitrogen and oxygen atoms in total. The Hall–Kier alpha value is -0.830. The van der Waals surface area contributed by atoms with E-state index in [1.807, 2.05) is 0 Å². The number of hydrogen-bond acceptors (Lipinski definition) is 2. The van der Waals surface area contributed by atoms with Crippen LogP contribution in [0.5, 0.6) is 0 Å². The zero-order valence-electron chi connectivity index (χ0n) is 5.62. The predicted molar refractivity (Wildman–Crippen MR) is 35.2 cm³/mol. The molecule has 2 saturated heterocycles. The molecule has 54 valence electrons. The van der Waals surface area contributed by atoms with Crippen LogP contribution in [0.3, 0.4) is 0 Å². The Bertz CT molecular complexity index is 190. The minimum Gasteiger partial charge on any atom is -0.349 e. The van der Waals surface area contributed by atoms with Gasteiger partial charge in [0.1, 0.15) is 6.23 Å². The summed E-state index contributed by atoms with van der Waals surface area (Å²) >= 11 is 0. The summed E-state index contributed by atoms with van der Waals surface area (Å²) < 4.78 is 5.37. The van der Waals surface area contributed by atoms with Gasteiger partial charge in [-0.25, -0.2) is 0 Å². The quantitative estimate of drug-likeness (QED) is 0.381. The number of ether oxygens (including phenoxy) is 1. The van der Waals surface area contributed by atoms with E-state index in [-0.39, 0.29) is 18.2 Å². The molecule has 2 unspecified atom stereocenters. The van der Waals surface area contributed by atoms with E-state index >= 15 is 0 Å². The molecule has 2 rings (SSSR count). The summed E-state index contributed by atoms with van der Waals surface area (Å²) in [7, 11) is 0. The minimum atomic E-state index is 0.0653. The van der Waals surface area contributed by atoms with Crippen LogP contribution in [0.4, 0.5) is 0 Å². The molecule has 0 aromatic rings. The molecule has 2 heterocycles. The molecule has 2 aliphatic rings. The van der Waals surface area contributed by atoms with E-state index in [2.05, 4.69) is 6.58 Å². The summed E-state index contributed by atoms with van der Waals surface area (Å²) in [6, 6.07) is 0. The number of carbonyl (C=O) groups excluding carboxylic acids is 1. The van der Waals surface area contributed by atoms with Crippen molar-refractivity contribution in [1.29, 1.82) is 0 Å². The lowest BCUT2D eigenvalue weighted by molar-refractivity contribution is -0.155. The molecule has 0 saturated carbocycles. The minimum absolute atomic E-state index is 0.0653. The maximum Gasteiger partial charge on any atom is 0.229 e. The highest BCUT2D eigenvalue weighted by molar-refractivity contribution is 5.83. The Morgan fingerprint density at radius 2 is 2.60 bits per heavy atom. The second-order valence-corrected chi connectivity index (χ2v) is 2.62. The lowest BCUT2D eigenvalue weighted by Gasteiger charge is -2.31. The van der Waals surface area contributed by atoms with E-state index < -0.39 is 0 Å². The Labute approximate surface area is 59.3 Å². The first-order valence-electron chi connectivity index (χ1n) is 3.39. The van der Waals surface area contributed by atoms with E-state index in [4.69, 9.17) is 4.74 Å². The molecule has 1 amide bonds. The number of β-lactam (4-membered cyclic amide) rings is 1. The molecule has 2 aliphatic heterocycles. The molecule has 3 heteroatoms. The summed E-state index contributed by atoms with van der Waals surface area (Å²) in [5.41, 5.74) is 0. The standard InChI is InChI=1S/C7H9NO2/c1-2-5-4-8-6(9)3-7(8)10-5/h2,5,7H,1,3-4H2. The van der Waals surface area contributed by atoms with E-state index in [9.17, 15) is 4.79 Å². The molecular weight excluding hydrogens is 130 g/mol. The van der Waals surface area contributed by atoms with Crippen LogP contribution in [-0.2, 0) is 9.53 Å². The first kappa shape index (κ1) is 5.92. The van der Waals surface area contributed by atoms with Crippen LogP contribution in [0.2, 0.25) is 0 Å². The van der Waals surface area contributed by atoms with Crippen LogP contribution < -0.4 is 0 Å². The van der Waals surface area contributed by atoms with Crippen LogP contribution in [-0.4, -0.2) is 29.7 Å². The third-order valence-electron chi connectivity index (χ3n) is 1.99. The number of fused-ring (bicyclic) bond motifs is 1. The Balaban J connectivity index is 2.05. The fraction of sp³-hybridized carbons (Fsp3) is 0.571. The van der Waals surface area contributed by atoms with Crippen molar-refractivity contribution in [2.75, 3.05) is 6.54 Å². The number of hydrogen-bond donors (Lipinski definition) is 0. The number of carbonyl (C=O) groups is 1. The maximum absolute atomic E-state index is 10.8. The molecule has 0 radical (unpaired) electrons. The lowest BCUT2D eigenvalue weighted by atomic mass is 10.2. The first-order chi connectivity index (χ1) is 4.81. The van der Waals surface area contributed by atoms with Crippen LogP contribution in [0.1, 0.15) is 6.42 Å². The Kier molecular flexibility index (Phi) is 1.08. The number of rotatable bonds is 1. The average molecular weight is 139 g/mol. The smallest absolute Gasteiger partial charge is 0.229 e. The van der Waals surface area contributed by atoms with Crippen molar-refractivity contribution >= 4 is 5.91 Å². The molecular formula is C7H9NO2. The highest BCUT2D eigenvalue weighted by Crippen LogP contribution is 2.28. The van der Waals surface area contributed by atoms with Gasteiger partial charge in [0.15, 0.2) is 0 Å². The van der Waals surface area contributed by atoms with Crippen LogP contribution in [0.25, 0.3) is 0 Å². The predicted octanol–water partition coefficient (Wildman–Crippen LogP) is 0.130. The van der Waals surface area contributed by atoms with Gasteiger partial charge in [-0.2, -0.15) is 0 Å². The zero-order chi connectivity index (χ0) is 7.14. The number of nitrogens with zero attached hydrogens (tertiary/aromatic N) is 1. The van der Waals surface area contributed by atoms with Crippen molar-refractivity contribution in [1.82, 2.24) is 4.90 Å². The van der Waals surface area contributed by atoms with Crippen LogP contribution in [0, 0.1) is 0 Å². The lowest BCUT2D eigenvalue weighted by Crippen LogP contribution is -2.48. The molecule has 0 aromatic heterocycles. The Morgan fingerprint density at radius 3 is 3.10 bits per heavy atom. The molecule has 0 aromatic carbocycles. The second kappa shape index (κ2) is 1.83. The average Bonchev–Trinajstić information content (AvgIpc) is 2.26. The fourth-order valence-electron chi connectivity index (χ4n) is 1.33. The molecule has 0 aliphatic carbocycles. The van der Waals surface area contributed by atoms with Gasteiger partial charge in [-0.3, -0.25) is 4.79 Å². The highest BCUT2D eigenvalue weighted by Gasteiger charge is 2.44. The van der Waals surface area contributed by atoms with E-state index in [1.54, 1.807) is 11.0 Å². The molecule has 10 heavy (non-hydrogen) atoms. The molecule has 2 atom stereocenters. The van der Waals surface area contributed by atoms with Crippen molar-refractivity contribution in [3.8, 4) is 0 Å². The normalized spacial score (nSPS) is 37.2. The van der Waals surface area contributed by atoms with E-state index in [0.29, 0.717) is 13.0 Å². The van der Waals surface area contributed by atoms with Gasteiger partial charge in [0.2, 0.25) is 5.91 Å². The molecule has 0 bridgehead atoms. The van der Waals surface area contributed by atoms with Crippen LogP contribution >= 0.6 is 0 Å². The third kappa shape index (κ3) is 0.609. The zero-order valence-corrected chi connectivity index (χ0v) is 5.62. The molecule has 0 spiro atoms. The van der Waals surface area contributed by atoms with Gasteiger partial charge < -0.3 is 9.64 Å². The summed E-state index contributed by atoms with van der Waals surface area (Å²) in [6.07, 6.45) is 2.43. The SMILES string of the molecule is C=CC1CN2C(=O)CC2O1. The van der Waals surface area contributed by atoms with E-state index in [1.165, 1.54) is 0 Å². The number of amides is 1. The Morgan fingerprint density at radius 1 is 1.80 bits per heavy atom. The monoisotopic (exact) mass is 139 g/mol. The van der Waals surface area contributed by atoms with Gasteiger partial charge >= 0.3 is 0 Å². The highest BCUT2D eigenvalue weighted by atomic mass is 16.5. The van der Waals surface area contributed by atoms with Crippen LogP contribution in [0.15, 0.2) is 12.7 Å². The van der Waals surface area contributed by atoms with Gasteiger partial charge in [0, 0.05) is 0 Å². The van der Waals surface area contributed by atoms with Crippen molar-refractivity contribution in [2.24, 2.45) is 0 Å². The second-order valence-electron chi connectivity index (χ2n) is 2.62. The summed E-state index contributed by atoms with van der Waals surface area (Å²) in [4.78, 5) is 12.5. The summed E-state index contributed by atoms with van der Waals surface area (Å²) in [6.45, 7) is 4.30. The van der Waals surface area contributed by atoms with Crippen molar-refractivity contribution in [2.45, 2.75) is 18.8 Å². The fourth-order valence-corrected chi connectivity index (χ4v) is 1.33. The van der Waals surface area contributed by atoms with E-state index in [0.717, 1.165) is 0 Å². The van der Waals surface area contributed by atoms with Gasteiger partial charge in [-0.1, -0.05) is 6.08 Å². The topological polar surface area (TPSA) is 29.5 Å². The van der Waals surface area contributed by atoms with Gasteiger partial charge in [0.05, 0.1) is 19.1 Å². The van der Waals surface area contributed by atoms with Crippen molar-refractivity contribution in [3.63, 3.8) is 0 Å². The van der Waals surface area contributed by atoms with Crippen molar-refractivity contribution < 1.29 is 9.53 Å². The van der Waals surface area contributed by atoms with Gasteiger partial charge in [-0.05, 0) is 0 Å². The summed E-state index contributed by atoms with van der Waals surface area (Å²) in [5, 5.41) is 0. The van der Waals surface area contributed by atoms with Gasteiger partial charge in [-0.15, -0.1) is 6.58 Å². The third-order valence-corrected chi connectivity index (χ3v) is 1.99. The summed E-state index contributed by atoms with van der Waals surface area (Å²) in [5.74, 6) is 0.203.